The first-order chi connectivity index (χ1) is 14.1. The number of aromatic nitrogens is 4. The van der Waals surface area contributed by atoms with E-state index >= 15 is 0 Å². The maximum absolute atomic E-state index is 12.7. The van der Waals surface area contributed by atoms with Crippen LogP contribution in [0.25, 0.3) is 5.82 Å². The number of anilines is 2. The molecule has 1 aliphatic heterocycles. The van der Waals surface area contributed by atoms with Gasteiger partial charge in [0.25, 0.3) is 0 Å². The SMILES string of the molecule is COc1ccc(NC(=O)N2CCN(c3cc(-n4ccnc4)ncn3)CC2)c(C)c1. The van der Waals surface area contributed by atoms with Gasteiger partial charge in [-0.3, -0.25) is 4.57 Å². The van der Waals surface area contributed by atoms with E-state index in [1.54, 1.807) is 26.0 Å². The molecule has 3 heterocycles. The first-order valence-electron chi connectivity index (χ1n) is 9.40. The van der Waals surface area contributed by atoms with Crippen LogP contribution < -0.4 is 15.0 Å². The average Bonchev–Trinajstić information content (AvgIpc) is 3.30. The number of nitrogens with one attached hydrogen (secondary N) is 1. The van der Waals surface area contributed by atoms with Crippen LogP contribution in [0, 0.1) is 6.92 Å². The first-order valence-corrected chi connectivity index (χ1v) is 9.40. The zero-order valence-electron chi connectivity index (χ0n) is 16.4. The van der Waals surface area contributed by atoms with Gasteiger partial charge in [-0.05, 0) is 30.7 Å². The van der Waals surface area contributed by atoms with E-state index in [1.807, 2.05) is 46.9 Å². The lowest BCUT2D eigenvalue weighted by atomic mass is 10.2. The van der Waals surface area contributed by atoms with Crippen molar-refractivity contribution in [2.24, 2.45) is 0 Å². The number of aryl methyl sites for hydroxylation is 1. The van der Waals surface area contributed by atoms with Gasteiger partial charge in [0.1, 0.15) is 30.0 Å². The van der Waals surface area contributed by atoms with Gasteiger partial charge in [0, 0.05) is 50.3 Å². The maximum Gasteiger partial charge on any atom is 0.321 e. The van der Waals surface area contributed by atoms with Crippen LogP contribution in [-0.4, -0.2) is 63.7 Å². The molecule has 0 unspecified atom stereocenters. The molecule has 9 heteroatoms. The number of nitrogens with zero attached hydrogens (tertiary/aromatic N) is 6. The Morgan fingerprint density at radius 1 is 1.10 bits per heavy atom. The summed E-state index contributed by atoms with van der Waals surface area (Å²) < 4.78 is 7.05. The monoisotopic (exact) mass is 393 g/mol. The molecule has 29 heavy (non-hydrogen) atoms. The molecule has 0 saturated carbocycles. The fourth-order valence-corrected chi connectivity index (χ4v) is 3.28. The van der Waals surface area contributed by atoms with Crippen LogP contribution in [-0.2, 0) is 0 Å². The predicted molar refractivity (Wildman–Crippen MR) is 110 cm³/mol. The Hall–Kier alpha value is -3.62. The van der Waals surface area contributed by atoms with Crippen molar-refractivity contribution in [3.8, 4) is 11.6 Å². The lowest BCUT2D eigenvalue weighted by Gasteiger charge is -2.35. The predicted octanol–water partition coefficient (Wildman–Crippen LogP) is 2.33. The Labute approximate surface area is 169 Å². The molecule has 1 fully saturated rings. The summed E-state index contributed by atoms with van der Waals surface area (Å²) in [5.41, 5.74) is 1.75. The molecule has 1 saturated heterocycles. The largest absolute Gasteiger partial charge is 0.497 e. The number of benzene rings is 1. The third-order valence-corrected chi connectivity index (χ3v) is 4.97. The molecule has 0 atom stereocenters. The van der Waals surface area contributed by atoms with Crippen molar-refractivity contribution in [2.45, 2.75) is 6.92 Å². The quantitative estimate of drug-likeness (QED) is 0.732. The molecule has 0 spiro atoms. The van der Waals surface area contributed by atoms with Crippen molar-refractivity contribution in [1.29, 1.82) is 0 Å². The summed E-state index contributed by atoms with van der Waals surface area (Å²) in [4.78, 5) is 29.4. The molecular formula is C20H23N7O2. The zero-order valence-corrected chi connectivity index (χ0v) is 16.4. The lowest BCUT2D eigenvalue weighted by molar-refractivity contribution is 0.208. The van der Waals surface area contributed by atoms with Gasteiger partial charge in [-0.2, -0.15) is 0 Å². The molecule has 150 valence electrons. The maximum atomic E-state index is 12.7. The number of imidazole rings is 1. The number of methoxy groups -OCH3 is 1. The molecule has 3 aromatic rings. The highest BCUT2D eigenvalue weighted by Gasteiger charge is 2.22. The number of hydrogen-bond donors (Lipinski definition) is 1. The molecule has 0 radical (unpaired) electrons. The van der Waals surface area contributed by atoms with Gasteiger partial charge in [-0.15, -0.1) is 0 Å². The highest BCUT2D eigenvalue weighted by atomic mass is 16.5. The third kappa shape index (κ3) is 4.13. The average molecular weight is 393 g/mol. The topological polar surface area (TPSA) is 88.4 Å². The van der Waals surface area contributed by atoms with Crippen molar-refractivity contribution in [3.63, 3.8) is 0 Å². The summed E-state index contributed by atoms with van der Waals surface area (Å²) in [5, 5.41) is 2.99. The van der Waals surface area contributed by atoms with Crippen LogP contribution in [0.4, 0.5) is 16.3 Å². The normalized spacial score (nSPS) is 14.0. The number of carbonyl (C=O) groups is 1. The van der Waals surface area contributed by atoms with Crippen LogP contribution >= 0.6 is 0 Å². The van der Waals surface area contributed by atoms with Gasteiger partial charge in [0.05, 0.1) is 7.11 Å². The van der Waals surface area contributed by atoms with Gasteiger partial charge >= 0.3 is 6.03 Å². The summed E-state index contributed by atoms with van der Waals surface area (Å²) >= 11 is 0. The minimum atomic E-state index is -0.0975. The van der Waals surface area contributed by atoms with Gasteiger partial charge in [-0.1, -0.05) is 0 Å². The Morgan fingerprint density at radius 2 is 1.90 bits per heavy atom. The minimum Gasteiger partial charge on any atom is -0.497 e. The smallest absolute Gasteiger partial charge is 0.321 e. The Morgan fingerprint density at radius 3 is 2.59 bits per heavy atom. The van der Waals surface area contributed by atoms with Crippen LogP contribution in [0.5, 0.6) is 5.75 Å². The van der Waals surface area contributed by atoms with E-state index in [-0.39, 0.29) is 6.03 Å². The molecule has 2 aromatic heterocycles. The Bertz CT molecular complexity index is 982. The van der Waals surface area contributed by atoms with E-state index in [0.717, 1.165) is 28.6 Å². The molecule has 4 rings (SSSR count). The van der Waals surface area contributed by atoms with E-state index in [2.05, 4.69) is 25.2 Å². The third-order valence-electron chi connectivity index (χ3n) is 4.97. The first kappa shape index (κ1) is 18.7. The van der Waals surface area contributed by atoms with Crippen molar-refractivity contribution in [1.82, 2.24) is 24.4 Å². The Balaban J connectivity index is 1.37. The molecule has 1 aliphatic rings. The summed E-state index contributed by atoms with van der Waals surface area (Å²) in [6.45, 7) is 4.59. The highest BCUT2D eigenvalue weighted by Crippen LogP contribution is 2.22. The molecule has 0 aliphatic carbocycles. The second kappa shape index (κ2) is 8.17. The summed E-state index contributed by atoms with van der Waals surface area (Å²) in [6.07, 6.45) is 6.81. The number of hydrogen-bond acceptors (Lipinski definition) is 6. The van der Waals surface area contributed by atoms with Gasteiger partial charge in [0.2, 0.25) is 0 Å². The standard InChI is InChI=1S/C20H23N7O2/c1-15-11-16(29-2)3-4-17(15)24-20(28)26-9-7-25(8-10-26)18-12-19(23-13-22-18)27-6-5-21-14-27/h3-6,11-14H,7-10H2,1-2H3,(H,24,28). The molecular weight excluding hydrogens is 370 g/mol. The number of piperazine rings is 1. The molecule has 2 amide bonds. The van der Waals surface area contributed by atoms with E-state index in [4.69, 9.17) is 4.74 Å². The summed E-state index contributed by atoms with van der Waals surface area (Å²) in [5.74, 6) is 2.38. The molecule has 1 N–H and O–H groups in total. The van der Waals surface area contributed by atoms with Gasteiger partial charge in [-0.25, -0.2) is 19.7 Å². The molecule has 9 nitrogen and oxygen atoms in total. The number of rotatable bonds is 4. The summed E-state index contributed by atoms with van der Waals surface area (Å²) in [6, 6.07) is 7.44. The number of ether oxygens (including phenoxy) is 1. The van der Waals surface area contributed by atoms with Gasteiger partial charge < -0.3 is 19.9 Å². The van der Waals surface area contributed by atoms with Gasteiger partial charge in [0.15, 0.2) is 0 Å². The van der Waals surface area contributed by atoms with Crippen LogP contribution in [0.3, 0.4) is 0 Å². The minimum absolute atomic E-state index is 0.0975. The van der Waals surface area contributed by atoms with Crippen molar-refractivity contribution in [3.05, 3.63) is 54.9 Å². The second-order valence-corrected chi connectivity index (χ2v) is 6.79. The Kier molecular flexibility index (Phi) is 5.28. The van der Waals surface area contributed by atoms with Crippen LogP contribution in [0.15, 0.2) is 49.3 Å². The zero-order chi connectivity index (χ0) is 20.2. The summed E-state index contributed by atoms with van der Waals surface area (Å²) in [7, 11) is 1.63. The number of amides is 2. The van der Waals surface area contributed by atoms with Crippen molar-refractivity contribution < 1.29 is 9.53 Å². The van der Waals surface area contributed by atoms with Crippen molar-refractivity contribution >= 4 is 17.5 Å². The van der Waals surface area contributed by atoms with Crippen molar-refractivity contribution in [2.75, 3.05) is 43.5 Å². The van der Waals surface area contributed by atoms with Crippen LogP contribution in [0.1, 0.15) is 5.56 Å². The van der Waals surface area contributed by atoms with E-state index < -0.39 is 0 Å². The molecule has 1 aromatic carbocycles. The highest BCUT2D eigenvalue weighted by molar-refractivity contribution is 5.90. The molecule has 0 bridgehead atoms. The van der Waals surface area contributed by atoms with E-state index in [1.165, 1.54) is 0 Å². The fraction of sp³-hybridized carbons (Fsp3) is 0.300. The van der Waals surface area contributed by atoms with E-state index in [0.29, 0.717) is 26.2 Å². The number of carbonyl (C=O) groups excluding carboxylic acids is 1. The fourth-order valence-electron chi connectivity index (χ4n) is 3.28. The lowest BCUT2D eigenvalue weighted by Crippen LogP contribution is -2.50. The second-order valence-electron chi connectivity index (χ2n) is 6.79. The number of urea groups is 1. The van der Waals surface area contributed by atoms with Crippen LogP contribution in [0.2, 0.25) is 0 Å². The van der Waals surface area contributed by atoms with E-state index in [9.17, 15) is 4.79 Å².